The summed E-state index contributed by atoms with van der Waals surface area (Å²) in [5.41, 5.74) is 0. The molecular formula is C10H17N5S. The summed E-state index contributed by atoms with van der Waals surface area (Å²) < 4.78 is 2.31. The van der Waals surface area contributed by atoms with Crippen LogP contribution in [-0.4, -0.2) is 52.1 Å². The fourth-order valence-corrected chi connectivity index (χ4v) is 3.21. The van der Waals surface area contributed by atoms with E-state index in [1.165, 1.54) is 5.75 Å². The van der Waals surface area contributed by atoms with Crippen molar-refractivity contribution in [3.63, 3.8) is 0 Å². The van der Waals surface area contributed by atoms with Gasteiger partial charge in [-0.1, -0.05) is 0 Å². The Labute approximate surface area is 99.6 Å². The van der Waals surface area contributed by atoms with Crippen molar-refractivity contribution in [2.45, 2.75) is 18.3 Å². The molecule has 0 saturated carbocycles. The number of likely N-dealkylation sites (N-methyl/N-ethyl adjacent to an activating group) is 1. The number of hydrogen-bond donors (Lipinski definition) is 1. The van der Waals surface area contributed by atoms with E-state index in [1.54, 1.807) is 0 Å². The Morgan fingerprint density at radius 2 is 2.31 bits per heavy atom. The maximum atomic E-state index is 4.39. The second-order valence-corrected chi connectivity index (χ2v) is 5.48. The molecule has 2 aliphatic rings. The van der Waals surface area contributed by atoms with Gasteiger partial charge in [0.2, 0.25) is 0 Å². The Balaban J connectivity index is 1.90. The Morgan fingerprint density at radius 3 is 3.19 bits per heavy atom. The highest BCUT2D eigenvalue weighted by molar-refractivity contribution is 7.98. The van der Waals surface area contributed by atoms with Crippen molar-refractivity contribution in [3.8, 4) is 0 Å². The predicted octanol–water partition coefficient (Wildman–Crippen LogP) is 0.101. The molecule has 1 aromatic heterocycles. The first-order valence-corrected chi connectivity index (χ1v) is 6.92. The molecule has 6 heteroatoms. The van der Waals surface area contributed by atoms with E-state index in [2.05, 4.69) is 32.0 Å². The average Bonchev–Trinajstić information content (AvgIpc) is 2.74. The third-order valence-electron chi connectivity index (χ3n) is 3.36. The van der Waals surface area contributed by atoms with Crippen molar-refractivity contribution in [2.75, 3.05) is 32.4 Å². The van der Waals surface area contributed by atoms with E-state index in [0.29, 0.717) is 6.04 Å². The molecule has 88 valence electrons. The van der Waals surface area contributed by atoms with Gasteiger partial charge >= 0.3 is 0 Å². The highest BCUT2D eigenvalue weighted by Crippen LogP contribution is 2.24. The van der Waals surface area contributed by atoms with Gasteiger partial charge in [0.05, 0.1) is 11.8 Å². The monoisotopic (exact) mass is 239 g/mol. The lowest BCUT2D eigenvalue weighted by atomic mass is 10.2. The lowest BCUT2D eigenvalue weighted by Gasteiger charge is -2.32. The molecule has 0 spiro atoms. The van der Waals surface area contributed by atoms with Gasteiger partial charge in [-0.15, -0.1) is 10.2 Å². The van der Waals surface area contributed by atoms with E-state index in [1.807, 2.05) is 11.8 Å². The van der Waals surface area contributed by atoms with Gasteiger partial charge in [-0.25, -0.2) is 0 Å². The van der Waals surface area contributed by atoms with Gasteiger partial charge in [-0.2, -0.15) is 11.8 Å². The normalized spacial score (nSPS) is 26.7. The molecule has 3 heterocycles. The third-order valence-corrected chi connectivity index (χ3v) is 4.29. The molecule has 2 aliphatic heterocycles. The van der Waals surface area contributed by atoms with Crippen LogP contribution < -0.4 is 5.32 Å². The highest BCUT2D eigenvalue weighted by Gasteiger charge is 2.27. The standard InChI is InChI=1S/C10H17N5S/c1-14-3-2-11-6-8(14)10-13-12-9-7-16-5-4-15(9)10/h8,11H,2-7H2,1H3. The molecule has 16 heavy (non-hydrogen) atoms. The van der Waals surface area contributed by atoms with Crippen molar-refractivity contribution in [1.82, 2.24) is 25.0 Å². The molecule has 0 aliphatic carbocycles. The molecule has 1 saturated heterocycles. The van der Waals surface area contributed by atoms with Crippen LogP contribution >= 0.6 is 11.8 Å². The quantitative estimate of drug-likeness (QED) is 0.753. The predicted molar refractivity (Wildman–Crippen MR) is 64.4 cm³/mol. The van der Waals surface area contributed by atoms with E-state index in [0.717, 1.165) is 43.6 Å². The summed E-state index contributed by atoms with van der Waals surface area (Å²) in [5, 5.41) is 12.1. The summed E-state index contributed by atoms with van der Waals surface area (Å²) in [7, 11) is 2.17. The van der Waals surface area contributed by atoms with Gasteiger partial charge in [0, 0.05) is 31.9 Å². The van der Waals surface area contributed by atoms with Crippen molar-refractivity contribution in [2.24, 2.45) is 0 Å². The Bertz CT molecular complexity index is 377. The van der Waals surface area contributed by atoms with Crippen molar-refractivity contribution in [1.29, 1.82) is 0 Å². The van der Waals surface area contributed by atoms with Gasteiger partial charge in [0.25, 0.3) is 0 Å². The lowest BCUT2D eigenvalue weighted by Crippen LogP contribution is -2.45. The van der Waals surface area contributed by atoms with Crippen LogP contribution in [-0.2, 0) is 12.3 Å². The molecule has 1 aromatic rings. The molecule has 1 fully saturated rings. The van der Waals surface area contributed by atoms with Crippen molar-refractivity contribution in [3.05, 3.63) is 11.6 Å². The summed E-state index contributed by atoms with van der Waals surface area (Å²) in [5.74, 6) is 4.48. The van der Waals surface area contributed by atoms with E-state index in [-0.39, 0.29) is 0 Å². The molecule has 0 radical (unpaired) electrons. The number of piperazine rings is 1. The zero-order valence-electron chi connectivity index (χ0n) is 9.52. The SMILES string of the molecule is CN1CCNCC1c1nnc2n1CCSC2. The topological polar surface area (TPSA) is 46.0 Å². The van der Waals surface area contributed by atoms with Gasteiger partial charge in [-0.3, -0.25) is 4.90 Å². The number of nitrogens with one attached hydrogen (secondary N) is 1. The van der Waals surface area contributed by atoms with Crippen LogP contribution in [0.15, 0.2) is 0 Å². The second kappa shape index (κ2) is 4.35. The molecule has 3 rings (SSSR count). The maximum absolute atomic E-state index is 4.39. The van der Waals surface area contributed by atoms with E-state index >= 15 is 0 Å². The second-order valence-electron chi connectivity index (χ2n) is 4.38. The fourth-order valence-electron chi connectivity index (χ4n) is 2.36. The lowest BCUT2D eigenvalue weighted by molar-refractivity contribution is 0.189. The minimum atomic E-state index is 0.387. The van der Waals surface area contributed by atoms with Gasteiger partial charge in [0.15, 0.2) is 5.82 Å². The first-order chi connectivity index (χ1) is 7.86. The number of aromatic nitrogens is 3. The van der Waals surface area contributed by atoms with Gasteiger partial charge in [-0.05, 0) is 7.05 Å². The van der Waals surface area contributed by atoms with Crippen molar-refractivity contribution >= 4 is 11.8 Å². The smallest absolute Gasteiger partial charge is 0.151 e. The summed E-state index contributed by atoms with van der Waals surface area (Å²) in [6.45, 7) is 4.21. The number of fused-ring (bicyclic) bond motifs is 1. The molecule has 1 atom stereocenters. The minimum absolute atomic E-state index is 0.387. The van der Waals surface area contributed by atoms with Crippen LogP contribution in [0.1, 0.15) is 17.7 Å². The summed E-state index contributed by atoms with van der Waals surface area (Å²) in [6, 6.07) is 0.387. The first kappa shape index (κ1) is 10.6. The fraction of sp³-hybridized carbons (Fsp3) is 0.800. The number of thioether (sulfide) groups is 1. The van der Waals surface area contributed by atoms with Crippen molar-refractivity contribution < 1.29 is 0 Å². The molecule has 1 N–H and O–H groups in total. The van der Waals surface area contributed by atoms with E-state index in [9.17, 15) is 0 Å². The highest BCUT2D eigenvalue weighted by atomic mass is 32.2. The molecule has 5 nitrogen and oxygen atoms in total. The van der Waals surface area contributed by atoms with Gasteiger partial charge < -0.3 is 9.88 Å². The van der Waals surface area contributed by atoms with E-state index < -0.39 is 0 Å². The Morgan fingerprint density at radius 1 is 1.38 bits per heavy atom. The van der Waals surface area contributed by atoms with Crippen LogP contribution in [0.3, 0.4) is 0 Å². The largest absolute Gasteiger partial charge is 0.313 e. The molecule has 1 unspecified atom stereocenters. The zero-order valence-corrected chi connectivity index (χ0v) is 10.3. The Kier molecular flexibility index (Phi) is 2.87. The number of rotatable bonds is 1. The van der Waals surface area contributed by atoms with Crippen LogP contribution in [0.5, 0.6) is 0 Å². The molecular weight excluding hydrogens is 222 g/mol. The van der Waals surface area contributed by atoms with Gasteiger partial charge in [0.1, 0.15) is 5.82 Å². The summed E-state index contributed by atoms with van der Waals surface area (Å²) in [4.78, 5) is 2.37. The van der Waals surface area contributed by atoms with Crippen LogP contribution in [0.2, 0.25) is 0 Å². The minimum Gasteiger partial charge on any atom is -0.313 e. The molecule has 0 bridgehead atoms. The summed E-state index contributed by atoms with van der Waals surface area (Å²) in [6.07, 6.45) is 0. The first-order valence-electron chi connectivity index (χ1n) is 5.77. The maximum Gasteiger partial charge on any atom is 0.151 e. The average molecular weight is 239 g/mol. The molecule has 0 amide bonds. The van der Waals surface area contributed by atoms with Crippen LogP contribution in [0, 0.1) is 0 Å². The summed E-state index contributed by atoms with van der Waals surface area (Å²) >= 11 is 1.95. The van der Waals surface area contributed by atoms with Crippen LogP contribution in [0.4, 0.5) is 0 Å². The third kappa shape index (κ3) is 1.74. The Hall–Kier alpha value is -0.590. The number of nitrogens with zero attached hydrogens (tertiary/aromatic N) is 4. The van der Waals surface area contributed by atoms with E-state index in [4.69, 9.17) is 0 Å². The molecule has 0 aromatic carbocycles. The van der Waals surface area contributed by atoms with Crippen LogP contribution in [0.25, 0.3) is 0 Å². The zero-order chi connectivity index (χ0) is 11.0. The number of hydrogen-bond acceptors (Lipinski definition) is 5.